The molecule has 1 rings (SSSR count). The average molecular weight is 227 g/mol. The molecule has 1 aliphatic rings. The van der Waals surface area contributed by atoms with Crippen LogP contribution in [-0.4, -0.2) is 23.1 Å². The van der Waals surface area contributed by atoms with Crippen LogP contribution < -0.4 is 11.1 Å². The van der Waals surface area contributed by atoms with E-state index in [9.17, 15) is 0 Å². The predicted octanol–water partition coefficient (Wildman–Crippen LogP) is 2.07. The maximum atomic E-state index is 8.71. The van der Waals surface area contributed by atoms with Gasteiger partial charge in [-0.1, -0.05) is 38.3 Å². The molecule has 0 bridgehead atoms. The number of oxime groups is 1. The third-order valence-corrected chi connectivity index (χ3v) is 3.66. The van der Waals surface area contributed by atoms with Gasteiger partial charge in [0.2, 0.25) is 0 Å². The van der Waals surface area contributed by atoms with Crippen molar-refractivity contribution in [3.8, 4) is 0 Å². The number of hydrogen-bond donors (Lipinski definition) is 3. The molecular weight excluding hydrogens is 202 g/mol. The van der Waals surface area contributed by atoms with Gasteiger partial charge < -0.3 is 16.3 Å². The molecule has 0 spiro atoms. The second-order valence-corrected chi connectivity index (χ2v) is 4.87. The SMILES string of the molecule is CCC(NC1CCCCCC1C)C(N)=NO. The molecule has 0 aromatic carbocycles. The lowest BCUT2D eigenvalue weighted by Gasteiger charge is -2.27. The average Bonchev–Trinajstić information content (AvgIpc) is 2.50. The molecule has 0 radical (unpaired) electrons. The van der Waals surface area contributed by atoms with Crippen molar-refractivity contribution in [3.05, 3.63) is 0 Å². The number of rotatable bonds is 4. The molecule has 94 valence electrons. The van der Waals surface area contributed by atoms with Gasteiger partial charge in [-0.3, -0.25) is 0 Å². The molecule has 4 N–H and O–H groups in total. The van der Waals surface area contributed by atoms with Crippen LogP contribution in [0.2, 0.25) is 0 Å². The predicted molar refractivity (Wildman–Crippen MR) is 66.7 cm³/mol. The minimum absolute atomic E-state index is 0.00977. The van der Waals surface area contributed by atoms with Gasteiger partial charge in [0.25, 0.3) is 0 Å². The summed E-state index contributed by atoms with van der Waals surface area (Å²) < 4.78 is 0. The highest BCUT2D eigenvalue weighted by Gasteiger charge is 2.23. The van der Waals surface area contributed by atoms with Crippen molar-refractivity contribution in [2.24, 2.45) is 16.8 Å². The van der Waals surface area contributed by atoms with Crippen LogP contribution in [-0.2, 0) is 0 Å². The van der Waals surface area contributed by atoms with Gasteiger partial charge in [-0.15, -0.1) is 0 Å². The number of nitrogens with one attached hydrogen (secondary N) is 1. The second-order valence-electron chi connectivity index (χ2n) is 4.87. The normalized spacial score (nSPS) is 29.8. The minimum Gasteiger partial charge on any atom is -0.409 e. The summed E-state index contributed by atoms with van der Waals surface area (Å²) in [7, 11) is 0. The third-order valence-electron chi connectivity index (χ3n) is 3.66. The van der Waals surface area contributed by atoms with Crippen LogP contribution >= 0.6 is 0 Å². The smallest absolute Gasteiger partial charge is 0.156 e. The fourth-order valence-corrected chi connectivity index (χ4v) is 2.48. The highest BCUT2D eigenvalue weighted by Crippen LogP contribution is 2.23. The van der Waals surface area contributed by atoms with Gasteiger partial charge in [0.15, 0.2) is 5.84 Å². The van der Waals surface area contributed by atoms with Crippen LogP contribution in [0.3, 0.4) is 0 Å². The van der Waals surface area contributed by atoms with E-state index in [-0.39, 0.29) is 6.04 Å². The van der Waals surface area contributed by atoms with Gasteiger partial charge in [-0.05, 0) is 25.2 Å². The summed E-state index contributed by atoms with van der Waals surface area (Å²) in [5.74, 6) is 0.988. The molecule has 0 aromatic heterocycles. The maximum absolute atomic E-state index is 8.71. The van der Waals surface area contributed by atoms with E-state index in [2.05, 4.69) is 24.3 Å². The molecule has 1 aliphatic carbocycles. The van der Waals surface area contributed by atoms with Crippen molar-refractivity contribution in [2.45, 2.75) is 64.5 Å². The van der Waals surface area contributed by atoms with Crippen LogP contribution in [0.1, 0.15) is 52.4 Å². The van der Waals surface area contributed by atoms with Gasteiger partial charge in [-0.25, -0.2) is 0 Å². The first-order chi connectivity index (χ1) is 7.69. The van der Waals surface area contributed by atoms with Crippen molar-refractivity contribution in [3.63, 3.8) is 0 Å². The molecule has 4 heteroatoms. The summed E-state index contributed by atoms with van der Waals surface area (Å²) >= 11 is 0. The van der Waals surface area contributed by atoms with Gasteiger partial charge in [0.05, 0.1) is 6.04 Å². The Morgan fingerprint density at radius 3 is 2.75 bits per heavy atom. The topological polar surface area (TPSA) is 70.6 Å². The quantitative estimate of drug-likeness (QED) is 0.226. The van der Waals surface area contributed by atoms with Gasteiger partial charge >= 0.3 is 0 Å². The Hall–Kier alpha value is -0.770. The summed E-state index contributed by atoms with van der Waals surface area (Å²) in [5.41, 5.74) is 5.67. The Bertz CT molecular complexity index is 230. The summed E-state index contributed by atoms with van der Waals surface area (Å²) in [6.07, 6.45) is 7.30. The van der Waals surface area contributed by atoms with Crippen LogP contribution in [0, 0.1) is 5.92 Å². The van der Waals surface area contributed by atoms with Crippen LogP contribution in [0.4, 0.5) is 0 Å². The zero-order valence-corrected chi connectivity index (χ0v) is 10.4. The Balaban J connectivity index is 2.55. The second kappa shape index (κ2) is 6.74. The summed E-state index contributed by atoms with van der Waals surface area (Å²) in [6, 6.07) is 0.517. The summed E-state index contributed by atoms with van der Waals surface area (Å²) in [6.45, 7) is 4.35. The van der Waals surface area contributed by atoms with Crippen molar-refractivity contribution in [1.82, 2.24) is 5.32 Å². The van der Waals surface area contributed by atoms with E-state index < -0.39 is 0 Å². The van der Waals surface area contributed by atoms with Gasteiger partial charge in [0.1, 0.15) is 0 Å². The number of hydrogen-bond acceptors (Lipinski definition) is 3. The van der Waals surface area contributed by atoms with E-state index in [0.717, 1.165) is 6.42 Å². The van der Waals surface area contributed by atoms with Crippen LogP contribution in [0.5, 0.6) is 0 Å². The van der Waals surface area contributed by atoms with Crippen LogP contribution in [0.15, 0.2) is 5.16 Å². The lowest BCUT2D eigenvalue weighted by molar-refractivity contribution is 0.305. The fraction of sp³-hybridized carbons (Fsp3) is 0.917. The van der Waals surface area contributed by atoms with Gasteiger partial charge in [0, 0.05) is 6.04 Å². The molecule has 0 amide bonds. The van der Waals surface area contributed by atoms with E-state index in [4.69, 9.17) is 10.9 Å². The molecule has 1 saturated carbocycles. The lowest BCUT2D eigenvalue weighted by atomic mass is 9.95. The van der Waals surface area contributed by atoms with E-state index in [1.807, 2.05) is 0 Å². The molecule has 16 heavy (non-hydrogen) atoms. The number of nitrogens with two attached hydrogens (primary N) is 1. The van der Waals surface area contributed by atoms with E-state index in [1.165, 1.54) is 32.1 Å². The molecule has 4 nitrogen and oxygen atoms in total. The van der Waals surface area contributed by atoms with Crippen molar-refractivity contribution in [2.75, 3.05) is 0 Å². The first kappa shape index (κ1) is 13.3. The maximum Gasteiger partial charge on any atom is 0.156 e. The molecule has 3 unspecified atom stereocenters. The standard InChI is InChI=1S/C12H25N3O/c1-3-10(12(13)15-16)14-11-8-6-4-5-7-9(11)2/h9-11,14,16H,3-8H2,1-2H3,(H2,13,15). The van der Waals surface area contributed by atoms with Crippen molar-refractivity contribution >= 4 is 5.84 Å². The Morgan fingerprint density at radius 1 is 1.44 bits per heavy atom. The Kier molecular flexibility index (Phi) is 5.60. The first-order valence-electron chi connectivity index (χ1n) is 6.42. The summed E-state index contributed by atoms with van der Waals surface area (Å²) in [5, 5.41) is 15.3. The van der Waals surface area contributed by atoms with E-state index >= 15 is 0 Å². The Morgan fingerprint density at radius 2 is 2.12 bits per heavy atom. The molecule has 1 fully saturated rings. The zero-order valence-electron chi connectivity index (χ0n) is 10.4. The monoisotopic (exact) mass is 227 g/mol. The number of nitrogens with zero attached hydrogens (tertiary/aromatic N) is 1. The Labute approximate surface area is 98.3 Å². The van der Waals surface area contributed by atoms with Crippen LogP contribution in [0.25, 0.3) is 0 Å². The number of amidine groups is 1. The molecule has 0 saturated heterocycles. The van der Waals surface area contributed by atoms with E-state index in [0.29, 0.717) is 17.8 Å². The zero-order chi connectivity index (χ0) is 12.0. The van der Waals surface area contributed by atoms with Crippen molar-refractivity contribution < 1.29 is 5.21 Å². The molecule has 3 atom stereocenters. The van der Waals surface area contributed by atoms with Gasteiger partial charge in [-0.2, -0.15) is 0 Å². The molecular formula is C12H25N3O. The highest BCUT2D eigenvalue weighted by molar-refractivity contribution is 5.85. The minimum atomic E-state index is 0.00977. The fourth-order valence-electron chi connectivity index (χ4n) is 2.48. The summed E-state index contributed by atoms with van der Waals surface area (Å²) in [4.78, 5) is 0. The van der Waals surface area contributed by atoms with E-state index in [1.54, 1.807) is 0 Å². The first-order valence-corrected chi connectivity index (χ1v) is 6.42. The molecule has 0 heterocycles. The largest absolute Gasteiger partial charge is 0.409 e. The van der Waals surface area contributed by atoms with Crippen molar-refractivity contribution in [1.29, 1.82) is 0 Å². The lowest BCUT2D eigenvalue weighted by Crippen LogP contribution is -2.48. The third kappa shape index (κ3) is 3.67. The molecule has 0 aliphatic heterocycles. The highest BCUT2D eigenvalue weighted by atomic mass is 16.4. The molecule has 0 aromatic rings.